The van der Waals surface area contributed by atoms with Gasteiger partial charge < -0.3 is 25.2 Å². The standard InChI is InChI=1S/C27H30ClN5O6/c1-27(2,3)39-26(37)33-15-19(14-22(33)24(34)35)38-23-10-9-18(13-20(23)21-11-12-29-32(21)4)31-25(36)30-17-7-5-16(28)6-8-17/h5-13,19,22H,14-15H2,1-4H3,(H,34,35)(H2,30,31,36)/t19-,22-/m1/s1. The summed E-state index contributed by atoms with van der Waals surface area (Å²) in [6, 6.07) is 12.1. The summed E-state index contributed by atoms with van der Waals surface area (Å²) in [6.45, 7) is 5.20. The molecule has 12 heteroatoms. The Labute approximate surface area is 230 Å². The highest BCUT2D eigenvalue weighted by atomic mass is 35.5. The first-order valence-electron chi connectivity index (χ1n) is 12.2. The van der Waals surface area contributed by atoms with Gasteiger partial charge in [-0.15, -0.1) is 0 Å². The number of ether oxygens (including phenoxy) is 2. The zero-order valence-corrected chi connectivity index (χ0v) is 22.7. The Kier molecular flexibility index (Phi) is 8.01. The van der Waals surface area contributed by atoms with Gasteiger partial charge in [-0.1, -0.05) is 11.6 Å². The first-order valence-corrected chi connectivity index (χ1v) is 12.6. The van der Waals surface area contributed by atoms with Gasteiger partial charge in [0.15, 0.2) is 0 Å². The molecule has 3 N–H and O–H groups in total. The van der Waals surface area contributed by atoms with E-state index in [9.17, 15) is 19.5 Å². The van der Waals surface area contributed by atoms with Gasteiger partial charge in [-0.3, -0.25) is 9.58 Å². The second-order valence-electron chi connectivity index (χ2n) is 10.1. The van der Waals surface area contributed by atoms with Gasteiger partial charge in [-0.2, -0.15) is 5.10 Å². The summed E-state index contributed by atoms with van der Waals surface area (Å²) in [4.78, 5) is 38.4. The van der Waals surface area contributed by atoms with Gasteiger partial charge in [-0.25, -0.2) is 14.4 Å². The number of carboxylic acid groups (broad SMARTS) is 1. The van der Waals surface area contributed by atoms with Gasteiger partial charge in [0.2, 0.25) is 0 Å². The number of aromatic nitrogens is 2. The number of amides is 3. The molecule has 206 valence electrons. The minimum Gasteiger partial charge on any atom is -0.488 e. The van der Waals surface area contributed by atoms with E-state index >= 15 is 0 Å². The largest absolute Gasteiger partial charge is 0.488 e. The van der Waals surface area contributed by atoms with Crippen LogP contribution in [0.2, 0.25) is 5.02 Å². The van der Waals surface area contributed by atoms with Crippen molar-refractivity contribution in [3.63, 3.8) is 0 Å². The number of rotatable bonds is 6. The molecule has 2 aromatic carbocycles. The number of likely N-dealkylation sites (tertiary alicyclic amines) is 1. The fourth-order valence-electron chi connectivity index (χ4n) is 4.19. The third-order valence-corrected chi connectivity index (χ3v) is 6.16. The summed E-state index contributed by atoms with van der Waals surface area (Å²) in [7, 11) is 1.77. The molecule has 0 bridgehead atoms. The second-order valence-corrected chi connectivity index (χ2v) is 10.5. The van der Waals surface area contributed by atoms with E-state index in [-0.39, 0.29) is 13.0 Å². The van der Waals surface area contributed by atoms with Crippen LogP contribution in [0.5, 0.6) is 5.75 Å². The molecule has 0 saturated carbocycles. The van der Waals surface area contributed by atoms with Crippen molar-refractivity contribution >= 4 is 41.1 Å². The number of carboxylic acids is 1. The summed E-state index contributed by atoms with van der Waals surface area (Å²) in [5.41, 5.74) is 1.64. The maximum atomic E-state index is 12.7. The first-order chi connectivity index (χ1) is 18.4. The van der Waals surface area contributed by atoms with Crippen molar-refractivity contribution in [2.24, 2.45) is 7.05 Å². The van der Waals surface area contributed by atoms with Gasteiger partial charge in [0, 0.05) is 41.6 Å². The summed E-state index contributed by atoms with van der Waals surface area (Å²) < 4.78 is 13.3. The Morgan fingerprint density at radius 2 is 1.72 bits per heavy atom. The Morgan fingerprint density at radius 3 is 2.33 bits per heavy atom. The van der Waals surface area contributed by atoms with E-state index in [0.29, 0.717) is 33.4 Å². The van der Waals surface area contributed by atoms with Gasteiger partial charge in [-0.05, 0) is 69.3 Å². The number of urea groups is 1. The predicted octanol–water partition coefficient (Wildman–Crippen LogP) is 5.23. The Morgan fingerprint density at radius 1 is 1.05 bits per heavy atom. The van der Waals surface area contributed by atoms with E-state index in [1.54, 1.807) is 87.2 Å². The molecule has 2 heterocycles. The van der Waals surface area contributed by atoms with Crippen molar-refractivity contribution in [2.75, 3.05) is 17.2 Å². The van der Waals surface area contributed by atoms with Crippen LogP contribution in [0.1, 0.15) is 27.2 Å². The predicted molar refractivity (Wildman–Crippen MR) is 146 cm³/mol. The number of hydrogen-bond acceptors (Lipinski definition) is 6. The number of nitrogens with one attached hydrogen (secondary N) is 2. The van der Waals surface area contributed by atoms with E-state index in [1.807, 2.05) is 0 Å². The van der Waals surface area contributed by atoms with Crippen molar-refractivity contribution in [1.29, 1.82) is 0 Å². The highest BCUT2D eigenvalue weighted by Crippen LogP contribution is 2.35. The third-order valence-electron chi connectivity index (χ3n) is 5.91. The Balaban J connectivity index is 1.55. The number of aryl methyl sites for hydroxylation is 1. The molecule has 3 amide bonds. The molecule has 4 rings (SSSR count). The molecular formula is C27H30ClN5O6. The Bertz CT molecular complexity index is 1370. The van der Waals surface area contributed by atoms with Crippen molar-refractivity contribution in [3.8, 4) is 17.0 Å². The molecule has 0 unspecified atom stereocenters. The van der Waals surface area contributed by atoms with Gasteiger partial charge >= 0.3 is 18.1 Å². The second kappa shape index (κ2) is 11.2. The fourth-order valence-corrected chi connectivity index (χ4v) is 4.32. The van der Waals surface area contributed by atoms with Crippen molar-refractivity contribution in [2.45, 2.75) is 44.9 Å². The van der Waals surface area contributed by atoms with Crippen LogP contribution in [0.15, 0.2) is 54.7 Å². The molecular weight excluding hydrogens is 526 g/mol. The summed E-state index contributed by atoms with van der Waals surface area (Å²) in [5, 5.41) is 20.1. The van der Waals surface area contributed by atoms with Crippen LogP contribution in [0, 0.1) is 0 Å². The summed E-state index contributed by atoms with van der Waals surface area (Å²) in [5.74, 6) is -0.687. The van der Waals surface area contributed by atoms with Crippen molar-refractivity contribution in [1.82, 2.24) is 14.7 Å². The number of carbonyl (C=O) groups is 3. The maximum absolute atomic E-state index is 12.7. The van der Waals surface area contributed by atoms with E-state index in [1.165, 1.54) is 4.90 Å². The van der Waals surface area contributed by atoms with Crippen LogP contribution in [-0.2, 0) is 16.6 Å². The van der Waals surface area contributed by atoms with Gasteiger partial charge in [0.25, 0.3) is 0 Å². The number of halogens is 1. The Hall–Kier alpha value is -4.25. The maximum Gasteiger partial charge on any atom is 0.411 e. The first kappa shape index (κ1) is 27.8. The zero-order chi connectivity index (χ0) is 28.3. The van der Waals surface area contributed by atoms with Gasteiger partial charge in [0.1, 0.15) is 23.5 Å². The van der Waals surface area contributed by atoms with Crippen molar-refractivity contribution < 1.29 is 29.0 Å². The van der Waals surface area contributed by atoms with Crippen molar-refractivity contribution in [3.05, 3.63) is 59.8 Å². The lowest BCUT2D eigenvalue weighted by molar-refractivity contribution is -0.142. The number of nitrogens with zero attached hydrogens (tertiary/aromatic N) is 3. The van der Waals surface area contributed by atoms with Crippen LogP contribution in [-0.4, -0.2) is 62.2 Å². The number of anilines is 2. The molecule has 1 fully saturated rings. The summed E-state index contributed by atoms with van der Waals surface area (Å²) >= 11 is 5.90. The number of hydrogen-bond donors (Lipinski definition) is 3. The lowest BCUT2D eigenvalue weighted by atomic mass is 10.1. The monoisotopic (exact) mass is 555 g/mol. The van der Waals surface area contributed by atoms with Crippen LogP contribution < -0.4 is 15.4 Å². The number of carbonyl (C=O) groups excluding carboxylic acids is 2. The average Bonchev–Trinajstić information content (AvgIpc) is 3.47. The molecule has 0 radical (unpaired) electrons. The molecule has 3 aromatic rings. The molecule has 39 heavy (non-hydrogen) atoms. The minimum atomic E-state index is -1.13. The number of benzene rings is 2. The van der Waals surface area contributed by atoms with Crippen LogP contribution in [0.3, 0.4) is 0 Å². The summed E-state index contributed by atoms with van der Waals surface area (Å²) in [6.07, 6.45) is 0.409. The van der Waals surface area contributed by atoms with Crippen LogP contribution >= 0.6 is 11.6 Å². The molecule has 1 saturated heterocycles. The molecule has 11 nitrogen and oxygen atoms in total. The molecule has 1 aromatic heterocycles. The smallest absolute Gasteiger partial charge is 0.411 e. The molecule has 0 spiro atoms. The lowest BCUT2D eigenvalue weighted by Gasteiger charge is -2.26. The van der Waals surface area contributed by atoms with Crippen LogP contribution in [0.4, 0.5) is 21.0 Å². The lowest BCUT2D eigenvalue weighted by Crippen LogP contribution is -2.43. The molecule has 1 aliphatic rings. The molecule has 0 aliphatic carbocycles. The number of aliphatic carboxylic acids is 1. The SMILES string of the molecule is Cn1nccc1-c1cc(NC(=O)Nc2ccc(Cl)cc2)ccc1O[C@@H]1C[C@H](C(=O)O)N(C(=O)OC(C)(C)C)C1. The van der Waals surface area contributed by atoms with Crippen LogP contribution in [0.25, 0.3) is 11.3 Å². The highest BCUT2D eigenvalue weighted by molar-refractivity contribution is 6.30. The van der Waals surface area contributed by atoms with E-state index in [0.717, 1.165) is 0 Å². The van der Waals surface area contributed by atoms with E-state index in [4.69, 9.17) is 21.1 Å². The normalized spacial score (nSPS) is 17.0. The highest BCUT2D eigenvalue weighted by Gasteiger charge is 2.43. The topological polar surface area (TPSA) is 135 Å². The quantitative estimate of drug-likeness (QED) is 0.379. The zero-order valence-electron chi connectivity index (χ0n) is 22.0. The molecule has 2 atom stereocenters. The average molecular weight is 556 g/mol. The minimum absolute atomic E-state index is 0.0419. The van der Waals surface area contributed by atoms with Gasteiger partial charge in [0.05, 0.1) is 12.2 Å². The van der Waals surface area contributed by atoms with E-state index < -0.39 is 35.8 Å². The molecule has 1 aliphatic heterocycles. The third kappa shape index (κ3) is 6.99. The fraction of sp³-hybridized carbons (Fsp3) is 0.333. The van der Waals surface area contributed by atoms with E-state index in [2.05, 4.69) is 15.7 Å².